The maximum Gasteiger partial charge on any atom is 0.416 e. The van der Waals surface area contributed by atoms with Crippen molar-refractivity contribution in [2.45, 2.75) is 123 Å². The molecule has 0 spiro atoms. The van der Waals surface area contributed by atoms with E-state index in [9.17, 15) is 80.7 Å². The van der Waals surface area contributed by atoms with Crippen LogP contribution >= 0.6 is 34.0 Å². The van der Waals surface area contributed by atoms with Crippen molar-refractivity contribution in [3.8, 4) is 29.6 Å². The van der Waals surface area contributed by atoms with Crippen molar-refractivity contribution in [3.63, 3.8) is 0 Å². The van der Waals surface area contributed by atoms with Crippen molar-refractivity contribution in [3.05, 3.63) is 149 Å². The van der Waals surface area contributed by atoms with Gasteiger partial charge in [-0.25, -0.2) is 74.6 Å². The van der Waals surface area contributed by atoms with Crippen molar-refractivity contribution in [1.82, 2.24) is 50.3 Å². The summed E-state index contributed by atoms with van der Waals surface area (Å²) in [7, 11) is -9.21. The summed E-state index contributed by atoms with van der Waals surface area (Å²) in [5.74, 6) is -0.471. The Labute approximate surface area is 676 Å². The van der Waals surface area contributed by atoms with E-state index in [1.54, 1.807) is 96.1 Å². The summed E-state index contributed by atoms with van der Waals surface area (Å²) >= 11 is 2.86. The fourth-order valence-electron chi connectivity index (χ4n) is 9.45. The maximum absolute atomic E-state index is 13.3. The van der Waals surface area contributed by atoms with E-state index in [-0.39, 0.29) is 92.9 Å². The molecule has 0 fully saturated rings. The van der Waals surface area contributed by atoms with Crippen molar-refractivity contribution in [1.29, 1.82) is 0 Å². The van der Waals surface area contributed by atoms with Crippen molar-refractivity contribution >= 4 is 133 Å². The van der Waals surface area contributed by atoms with Crippen LogP contribution in [0.15, 0.2) is 129 Å². The van der Waals surface area contributed by atoms with Gasteiger partial charge >= 0.3 is 36.2 Å². The number of sulfonamides is 3. The molecule has 5 atom stereocenters. The predicted molar refractivity (Wildman–Crippen MR) is 402 cm³/mol. The van der Waals surface area contributed by atoms with E-state index in [4.69, 9.17) is 57.4 Å². The quantitative estimate of drug-likeness (QED) is 0.0117. The van der Waals surface area contributed by atoms with E-state index in [2.05, 4.69) is 51.6 Å². The number of carboxylic acid groups (broad SMARTS) is 2. The van der Waals surface area contributed by atoms with E-state index in [1.807, 2.05) is 0 Å². The molecule has 10 aromatic rings. The third kappa shape index (κ3) is 28.7. The fourth-order valence-corrected chi connectivity index (χ4v) is 14.5. The van der Waals surface area contributed by atoms with Crippen LogP contribution in [-0.2, 0) is 123 Å². The number of alkyl halides is 6. The van der Waals surface area contributed by atoms with Gasteiger partial charge < -0.3 is 50.7 Å². The number of hydrogen-bond acceptors (Lipinski definition) is 28. The normalized spacial score (nSPS) is 12.9. The summed E-state index contributed by atoms with van der Waals surface area (Å²) < 4.78 is 174. The van der Waals surface area contributed by atoms with Crippen LogP contribution in [0.5, 0.6) is 17.2 Å². The van der Waals surface area contributed by atoms with Gasteiger partial charge in [0.15, 0.2) is 6.04 Å². The smallest absolute Gasteiger partial charge is 0.416 e. The molecule has 3 unspecified atom stereocenters. The van der Waals surface area contributed by atoms with Crippen LogP contribution in [0.4, 0.5) is 26.3 Å². The average Bonchev–Trinajstić information content (AvgIpc) is 1.67. The van der Waals surface area contributed by atoms with E-state index in [0.717, 1.165) is 65.4 Å². The molecule has 5 aromatic carbocycles. The van der Waals surface area contributed by atoms with Crippen LogP contribution in [0.1, 0.15) is 87.3 Å². The molecule has 3 radical (unpaired) electrons. The van der Waals surface area contributed by atoms with Gasteiger partial charge in [-0.15, -0.1) is 50.6 Å². The van der Waals surface area contributed by atoms with Crippen LogP contribution in [0.3, 0.4) is 0 Å². The monoisotopic (exact) mass is 1880 g/mol. The topological polar surface area (TPSA) is 517 Å². The Morgan fingerprint density at radius 2 is 0.904 bits per heavy atom. The average molecular weight is 1880 g/mol. The maximum atomic E-state index is 13.3. The summed E-state index contributed by atoms with van der Waals surface area (Å²) in [5, 5.41) is 51.3. The summed E-state index contributed by atoms with van der Waals surface area (Å²) in [5.41, 5.74) is 12.4. The number of fused-ring (bicyclic) bond motifs is 3. The molecule has 0 saturated heterocycles. The molecule has 613 valence electrons. The molecule has 33 nitrogen and oxygen atoms in total. The Bertz CT molecular complexity index is 5340. The number of carboxylic acids is 2. The summed E-state index contributed by atoms with van der Waals surface area (Å²) in [6, 6.07) is 19.1. The van der Waals surface area contributed by atoms with Gasteiger partial charge in [0, 0.05) is 35.9 Å². The number of rotatable bonds is 26. The number of esters is 2. The van der Waals surface area contributed by atoms with Crippen molar-refractivity contribution in [2.75, 3.05) is 20.8 Å². The van der Waals surface area contributed by atoms with E-state index >= 15 is 0 Å². The van der Waals surface area contributed by atoms with Crippen LogP contribution in [-0.4, -0.2) is 158 Å². The molecule has 0 saturated carbocycles. The fraction of sp³-hybridized carbons (Fsp3) is 0.343. The zero-order valence-electron chi connectivity index (χ0n) is 61.2. The first-order valence-corrected chi connectivity index (χ1v) is 39.5. The Morgan fingerprint density at radius 3 is 1.21 bits per heavy atom. The molecule has 0 aliphatic carbocycles. The zero-order valence-corrected chi connectivity index (χ0v) is 69.1. The summed E-state index contributed by atoms with van der Waals surface area (Å²) in [6.07, 6.45) is -0.703. The predicted octanol–water partition coefficient (Wildman–Crippen LogP) is 7.00. The molecule has 0 aliphatic heterocycles. The van der Waals surface area contributed by atoms with Crippen LogP contribution < -0.4 is 46.4 Å². The molecule has 114 heavy (non-hydrogen) atoms. The molecule has 0 bridgehead atoms. The number of nitrogens with zero attached hydrogens (tertiary/aromatic N) is 9. The van der Waals surface area contributed by atoms with Gasteiger partial charge in [-0.1, -0.05) is 82.2 Å². The number of amides is 1. The summed E-state index contributed by atoms with van der Waals surface area (Å²) in [4.78, 5) is 70.0. The van der Waals surface area contributed by atoms with E-state index in [1.165, 1.54) is 53.1 Å². The Morgan fingerprint density at radius 1 is 0.544 bits per heavy atom. The third-order valence-electron chi connectivity index (χ3n) is 15.1. The van der Waals surface area contributed by atoms with Crippen molar-refractivity contribution < 1.29 is 131 Å². The number of terminal acetylenes is 1. The largest absolute Gasteiger partial charge is 0.487 e. The number of methoxy groups -OCH3 is 2. The molecule has 10 rings (SSSR count). The number of carbonyl (C=O) groups is 5. The first-order valence-electron chi connectivity index (χ1n) is 32.4. The molecule has 5 aromatic heterocycles. The zero-order chi connectivity index (χ0) is 83.5. The van der Waals surface area contributed by atoms with Gasteiger partial charge in [0.05, 0.1) is 68.4 Å². The number of hydrogen-bond donors (Lipinski definition) is 8. The van der Waals surface area contributed by atoms with Crippen LogP contribution in [0.2, 0.25) is 0 Å². The number of carbonyl (C=O) groups excluding carboxylic acids is 3. The molecule has 47 heteroatoms. The molecular weight excluding hydrogens is 1800 g/mol. The molecule has 1 amide bonds. The van der Waals surface area contributed by atoms with E-state index < -0.39 is 114 Å². The van der Waals surface area contributed by atoms with E-state index in [0.29, 0.717) is 70.4 Å². The number of thiazole rings is 3. The number of aromatic nitrogens is 9. The van der Waals surface area contributed by atoms with Gasteiger partial charge in [-0.3, -0.25) is 14.4 Å². The standard InChI is InChI=1S/C26H27F3N6O6S2.C15H17N5O5S2.C11H12F3NO2.C10H8N2O3S2.C5H11NO2.B.W/c1-14(2)22(23(36)31-20(24(37)40-3)10-15-4-6-16(7-5-15)26(27,28)29)35-12-17(33-34-35)13-41-18-8-9-19-21(11-18)42-25(32-19)43(30,38)39;1-8(2)13(14(21)22)20-6-9(18-19-20)7-25-10-3-4-11-12(5-10)26-15(17-11)27(16,23)24;1-17-10(16)9(15)6-7-2-4-8(5-3-7)11(12,13)14;1-2-5-15-7-3-4-8-9(6-7)16-10(12-8)17(11,13)14;1-3(2)4(6)5(7)8;;/h4-9,11-12,14,20,22H,10,13H2,1-3H3,(H,31,36)(H2,30,38,39);3-6,8,13H,7H2,1-2H3,(H,21,22)(H2,16,23,24);2-5,9H,6,15H2,1H3;1,3-4,6H,5H2,(H2,11,13,14);3-4H,6H2,1-2H3,(H,7,8);;/t20-,22?;;9-;;;;/m0.0..../s1. The molecule has 5 heterocycles. The number of primary sulfonamides is 3. The minimum atomic E-state index is -4.50. The number of nitrogens with two attached hydrogens (primary N) is 5. The number of ether oxygens (including phenoxy) is 5. The van der Waals surface area contributed by atoms with Gasteiger partial charge in [0.2, 0.25) is 18.9 Å². The Kier molecular flexibility index (Phi) is 35.7. The second-order valence-electron chi connectivity index (χ2n) is 24.7. The third-order valence-corrected chi connectivity index (χ3v) is 22.1. The van der Waals surface area contributed by atoms with Gasteiger partial charge in [0.25, 0.3) is 30.1 Å². The first kappa shape index (κ1) is 96.7. The number of nitrogens with one attached hydrogen (secondary N) is 1. The van der Waals surface area contributed by atoms with Gasteiger partial charge in [0.1, 0.15) is 72.6 Å². The van der Waals surface area contributed by atoms with Gasteiger partial charge in [-0.2, -0.15) is 26.3 Å². The second-order valence-corrected chi connectivity index (χ2v) is 33.0. The first-order chi connectivity index (χ1) is 52.2. The minimum absolute atomic E-state index is 0. The Hall–Kier alpha value is -9.66. The van der Waals surface area contributed by atoms with Gasteiger partial charge in [-0.05, 0) is 114 Å². The number of benzene rings is 5. The van der Waals surface area contributed by atoms with Crippen LogP contribution in [0.25, 0.3) is 30.6 Å². The molecule has 0 aliphatic rings. The number of halogens is 6. The second kappa shape index (κ2) is 42.1. The minimum Gasteiger partial charge on any atom is -0.487 e. The SMILES string of the molecule is C#CCOc1ccc2nc(S(N)(=O)=O)sc2c1.CC(C)C(C(=O)O)n1cc(COc2ccc3nc(S(N)(=O)=O)sc3c2)nn1.CC(C)C(N)C(=O)O.COC(=O)[C@@H](N)Cc1ccc(C(F)(F)F)cc1.COC(=O)[C@H](Cc1ccc(C(F)(F)F)cc1)NC(=O)C(C(C)C)n1cc(COc2ccc3nc(S(N)(=O)=O)sc3c2)nn1.[B].[W]. The molecular formula is C67H75BF6N15O18S6W. The summed E-state index contributed by atoms with van der Waals surface area (Å²) in [6.45, 7) is 10.9. The Balaban J connectivity index is 0.000000329. The van der Waals surface area contributed by atoms with Crippen LogP contribution in [0, 0.1) is 30.1 Å². The molecule has 13 N–H and O–H groups in total. The van der Waals surface area contributed by atoms with Crippen molar-refractivity contribution in [2.24, 2.45) is 44.6 Å². The number of aliphatic carboxylic acids is 2.